The van der Waals surface area contributed by atoms with E-state index >= 15 is 0 Å². The maximum atomic E-state index is 6.02. The third-order valence-electron chi connectivity index (χ3n) is 3.06. The van der Waals surface area contributed by atoms with Crippen molar-refractivity contribution in [2.45, 2.75) is 44.4 Å². The second-order valence-corrected chi connectivity index (χ2v) is 4.28. The van der Waals surface area contributed by atoms with Crippen LogP contribution >= 0.6 is 12.4 Å². The lowest BCUT2D eigenvalue weighted by Gasteiger charge is -2.28. The van der Waals surface area contributed by atoms with Gasteiger partial charge in [0.15, 0.2) is 0 Å². The topological polar surface area (TPSA) is 35.2 Å². The maximum Gasteiger partial charge on any atom is 0.0730 e. The van der Waals surface area contributed by atoms with Gasteiger partial charge in [-0.2, -0.15) is 0 Å². The van der Waals surface area contributed by atoms with Crippen LogP contribution in [-0.2, 0) is 11.3 Å². The van der Waals surface area contributed by atoms with Crippen molar-refractivity contribution in [3.63, 3.8) is 0 Å². The zero-order chi connectivity index (χ0) is 10.5. The lowest BCUT2D eigenvalue weighted by molar-refractivity contribution is 0.00404. The molecule has 0 amide bonds. The fraction of sp³-hybridized carbons (Fsp3) is 0.538. The molecule has 0 heterocycles. The Balaban J connectivity index is 0.00000128. The van der Waals surface area contributed by atoms with Crippen molar-refractivity contribution in [2.24, 2.45) is 5.73 Å². The van der Waals surface area contributed by atoms with Crippen molar-refractivity contribution >= 4 is 12.4 Å². The van der Waals surface area contributed by atoms with Crippen molar-refractivity contribution in [2.75, 3.05) is 0 Å². The van der Waals surface area contributed by atoms with Crippen LogP contribution in [0, 0.1) is 0 Å². The summed E-state index contributed by atoms with van der Waals surface area (Å²) in [5.41, 5.74) is 7.25. The molecule has 0 spiro atoms. The van der Waals surface area contributed by atoms with Crippen LogP contribution in [0.15, 0.2) is 30.3 Å². The molecule has 1 aliphatic carbocycles. The molecule has 2 rings (SSSR count). The lowest BCUT2D eigenvalue weighted by atomic mass is 9.93. The van der Waals surface area contributed by atoms with Crippen LogP contribution in [0.5, 0.6) is 0 Å². The molecular weight excluding hydrogens is 222 g/mol. The van der Waals surface area contributed by atoms with E-state index in [1.54, 1.807) is 0 Å². The number of halogens is 1. The van der Waals surface area contributed by atoms with Gasteiger partial charge in [0.25, 0.3) is 0 Å². The Labute approximate surface area is 104 Å². The molecule has 0 aromatic heterocycles. The molecule has 16 heavy (non-hydrogen) atoms. The van der Waals surface area contributed by atoms with E-state index in [2.05, 4.69) is 12.1 Å². The molecule has 1 fully saturated rings. The van der Waals surface area contributed by atoms with Crippen LogP contribution in [0.25, 0.3) is 0 Å². The SMILES string of the molecule is Cl.N[C@H]1CCCC[C@@H]1OCc1ccccc1. The molecule has 0 aliphatic heterocycles. The average molecular weight is 242 g/mol. The highest BCUT2D eigenvalue weighted by atomic mass is 35.5. The lowest BCUT2D eigenvalue weighted by Crippen LogP contribution is -2.39. The molecule has 1 aromatic rings. The second kappa shape index (κ2) is 6.89. The fourth-order valence-electron chi connectivity index (χ4n) is 2.11. The normalized spacial score (nSPS) is 24.8. The van der Waals surface area contributed by atoms with Gasteiger partial charge in [-0.1, -0.05) is 43.2 Å². The van der Waals surface area contributed by atoms with Crippen LogP contribution in [0.1, 0.15) is 31.2 Å². The van der Waals surface area contributed by atoms with Gasteiger partial charge < -0.3 is 10.5 Å². The zero-order valence-corrected chi connectivity index (χ0v) is 10.3. The van der Waals surface area contributed by atoms with Gasteiger partial charge in [-0.15, -0.1) is 12.4 Å². The van der Waals surface area contributed by atoms with Crippen molar-refractivity contribution in [1.82, 2.24) is 0 Å². The first-order chi connectivity index (χ1) is 7.36. The molecule has 1 saturated carbocycles. The summed E-state index contributed by atoms with van der Waals surface area (Å²) in [6.45, 7) is 0.694. The minimum Gasteiger partial charge on any atom is -0.372 e. The average Bonchev–Trinajstić information content (AvgIpc) is 2.29. The number of rotatable bonds is 3. The molecule has 1 aliphatic rings. The van der Waals surface area contributed by atoms with E-state index in [1.807, 2.05) is 18.2 Å². The third-order valence-corrected chi connectivity index (χ3v) is 3.06. The fourth-order valence-corrected chi connectivity index (χ4v) is 2.11. The minimum absolute atomic E-state index is 0. The summed E-state index contributed by atoms with van der Waals surface area (Å²) in [5.74, 6) is 0. The first-order valence-electron chi connectivity index (χ1n) is 5.77. The quantitative estimate of drug-likeness (QED) is 0.883. The summed E-state index contributed by atoms with van der Waals surface area (Å²) in [7, 11) is 0. The number of benzene rings is 1. The Morgan fingerprint density at radius 2 is 1.81 bits per heavy atom. The number of hydrogen-bond acceptors (Lipinski definition) is 2. The van der Waals surface area contributed by atoms with Gasteiger partial charge in [-0.05, 0) is 18.4 Å². The van der Waals surface area contributed by atoms with Crippen LogP contribution in [0.2, 0.25) is 0 Å². The van der Waals surface area contributed by atoms with Crippen LogP contribution < -0.4 is 5.73 Å². The highest BCUT2D eigenvalue weighted by Gasteiger charge is 2.21. The second-order valence-electron chi connectivity index (χ2n) is 4.28. The number of nitrogens with two attached hydrogens (primary N) is 1. The summed E-state index contributed by atoms with van der Waals surface area (Å²) >= 11 is 0. The van der Waals surface area contributed by atoms with Crippen LogP contribution in [-0.4, -0.2) is 12.1 Å². The molecule has 3 heteroatoms. The van der Waals surface area contributed by atoms with Crippen molar-refractivity contribution < 1.29 is 4.74 Å². The van der Waals surface area contributed by atoms with Gasteiger partial charge in [-0.3, -0.25) is 0 Å². The van der Waals surface area contributed by atoms with Crippen molar-refractivity contribution in [1.29, 1.82) is 0 Å². The van der Waals surface area contributed by atoms with Gasteiger partial charge in [-0.25, -0.2) is 0 Å². The minimum atomic E-state index is 0. The molecule has 2 nitrogen and oxygen atoms in total. The zero-order valence-electron chi connectivity index (χ0n) is 9.47. The van der Waals surface area contributed by atoms with E-state index < -0.39 is 0 Å². The van der Waals surface area contributed by atoms with Crippen LogP contribution in [0.3, 0.4) is 0 Å². The Bertz CT molecular complexity index is 291. The molecule has 0 saturated heterocycles. The summed E-state index contributed by atoms with van der Waals surface area (Å²) in [5, 5.41) is 0. The Morgan fingerprint density at radius 1 is 1.12 bits per heavy atom. The molecule has 2 atom stereocenters. The number of hydrogen-bond donors (Lipinski definition) is 1. The Kier molecular flexibility index (Phi) is 5.81. The highest BCUT2D eigenvalue weighted by Crippen LogP contribution is 2.20. The first kappa shape index (κ1) is 13.5. The first-order valence-corrected chi connectivity index (χ1v) is 5.77. The summed E-state index contributed by atoms with van der Waals surface area (Å²) in [6.07, 6.45) is 5.01. The molecule has 90 valence electrons. The Morgan fingerprint density at radius 3 is 2.50 bits per heavy atom. The van der Waals surface area contributed by atoms with Gasteiger partial charge in [0.1, 0.15) is 0 Å². The van der Waals surface area contributed by atoms with E-state index in [0.29, 0.717) is 6.61 Å². The van der Waals surface area contributed by atoms with Gasteiger partial charge in [0.2, 0.25) is 0 Å². The van der Waals surface area contributed by atoms with Crippen LogP contribution in [0.4, 0.5) is 0 Å². The van der Waals surface area contributed by atoms with Gasteiger partial charge in [0.05, 0.1) is 12.7 Å². The van der Waals surface area contributed by atoms with E-state index in [9.17, 15) is 0 Å². The van der Waals surface area contributed by atoms with E-state index in [0.717, 1.165) is 12.8 Å². The maximum absolute atomic E-state index is 6.02. The monoisotopic (exact) mass is 241 g/mol. The van der Waals surface area contributed by atoms with Crippen molar-refractivity contribution in [3.05, 3.63) is 35.9 Å². The van der Waals surface area contributed by atoms with E-state index in [4.69, 9.17) is 10.5 Å². The largest absolute Gasteiger partial charge is 0.372 e. The number of ether oxygens (including phenoxy) is 1. The Hall–Kier alpha value is -0.570. The molecule has 1 aromatic carbocycles. The molecule has 2 N–H and O–H groups in total. The standard InChI is InChI=1S/C13H19NO.ClH/c14-12-8-4-5-9-13(12)15-10-11-6-2-1-3-7-11;/h1-3,6-7,12-13H,4-5,8-10,14H2;1H/t12-,13-;/m0./s1. The molecule has 0 bridgehead atoms. The van der Waals surface area contributed by atoms with E-state index in [-0.39, 0.29) is 24.6 Å². The van der Waals surface area contributed by atoms with Crippen molar-refractivity contribution in [3.8, 4) is 0 Å². The van der Waals surface area contributed by atoms with Gasteiger partial charge >= 0.3 is 0 Å². The van der Waals surface area contributed by atoms with Gasteiger partial charge in [0, 0.05) is 6.04 Å². The predicted octanol–water partition coefficient (Wildman–Crippen LogP) is 2.89. The smallest absolute Gasteiger partial charge is 0.0730 e. The molecule has 0 radical (unpaired) electrons. The van der Waals surface area contributed by atoms with E-state index in [1.165, 1.54) is 18.4 Å². The summed E-state index contributed by atoms with van der Waals surface area (Å²) in [4.78, 5) is 0. The molecule has 0 unspecified atom stereocenters. The highest BCUT2D eigenvalue weighted by molar-refractivity contribution is 5.85. The molecular formula is C13H20ClNO. The predicted molar refractivity (Wildman–Crippen MR) is 68.7 cm³/mol. The summed E-state index contributed by atoms with van der Waals surface area (Å²) in [6, 6.07) is 10.5. The third kappa shape index (κ3) is 3.78. The summed E-state index contributed by atoms with van der Waals surface area (Å²) < 4.78 is 5.86.